The van der Waals surface area contributed by atoms with E-state index < -0.39 is 0 Å². The largest absolute Gasteiger partial charge is 0.287 e. The number of Topliss-reactive ketones (excluding diaryl/α,β-unsaturated/α-hetero) is 1. The van der Waals surface area contributed by atoms with Crippen LogP contribution >= 0.6 is 0 Å². The lowest BCUT2D eigenvalue weighted by atomic mass is 10.1. The number of pyridine rings is 1. The van der Waals surface area contributed by atoms with Gasteiger partial charge in [-0.05, 0) is 11.5 Å². The van der Waals surface area contributed by atoms with E-state index >= 15 is 0 Å². The molecule has 0 unspecified atom stereocenters. The standard InChI is InChI=1S/C18H15N2O3/c21-18(15-7-2-1-3-8-15)13-19-11-10-14-6-4-5-9-16(14)17(19)12-20(22)23/h1-11H,12-13H2/q+1. The summed E-state index contributed by atoms with van der Waals surface area (Å²) in [7, 11) is 0. The SMILES string of the molecule is O=C(C[n+]1ccc2ccccc2c1C[N+](=O)[O-])c1ccccc1. The molecule has 0 aliphatic carbocycles. The van der Waals surface area contributed by atoms with Crippen LogP contribution in [0.5, 0.6) is 0 Å². The van der Waals surface area contributed by atoms with Crippen molar-refractivity contribution in [1.82, 2.24) is 0 Å². The van der Waals surface area contributed by atoms with Crippen LogP contribution in [0, 0.1) is 10.1 Å². The molecule has 0 amide bonds. The highest BCUT2D eigenvalue weighted by atomic mass is 16.6. The van der Waals surface area contributed by atoms with E-state index in [2.05, 4.69) is 0 Å². The average Bonchev–Trinajstić information content (AvgIpc) is 2.57. The molecule has 23 heavy (non-hydrogen) atoms. The number of nitro groups is 1. The summed E-state index contributed by atoms with van der Waals surface area (Å²) in [6.45, 7) is -0.235. The maximum Gasteiger partial charge on any atom is 0.286 e. The Morgan fingerprint density at radius 3 is 2.43 bits per heavy atom. The number of rotatable bonds is 5. The van der Waals surface area contributed by atoms with Gasteiger partial charge in [-0.1, -0.05) is 48.5 Å². The number of carbonyl (C=O) groups excluding carboxylic acids is 1. The first-order valence-corrected chi connectivity index (χ1v) is 7.25. The topological polar surface area (TPSA) is 64.1 Å². The molecule has 0 saturated heterocycles. The number of carbonyl (C=O) groups is 1. The van der Waals surface area contributed by atoms with Crippen molar-refractivity contribution in [3.63, 3.8) is 0 Å². The Kier molecular flexibility index (Phi) is 4.10. The molecule has 2 aromatic carbocycles. The van der Waals surface area contributed by atoms with Gasteiger partial charge in [0.15, 0.2) is 6.20 Å². The first-order valence-electron chi connectivity index (χ1n) is 7.25. The molecule has 0 radical (unpaired) electrons. The van der Waals surface area contributed by atoms with Crippen LogP contribution in [0.1, 0.15) is 16.1 Å². The highest BCUT2D eigenvalue weighted by Gasteiger charge is 2.23. The summed E-state index contributed by atoms with van der Waals surface area (Å²) < 4.78 is 1.67. The summed E-state index contributed by atoms with van der Waals surface area (Å²) >= 11 is 0. The Morgan fingerprint density at radius 2 is 1.70 bits per heavy atom. The number of nitrogens with zero attached hydrogens (tertiary/aromatic N) is 2. The molecule has 3 rings (SSSR count). The van der Waals surface area contributed by atoms with Crippen molar-refractivity contribution in [1.29, 1.82) is 0 Å². The van der Waals surface area contributed by atoms with E-state index in [-0.39, 0.29) is 23.8 Å². The van der Waals surface area contributed by atoms with Gasteiger partial charge in [-0.2, -0.15) is 4.57 Å². The van der Waals surface area contributed by atoms with Crippen LogP contribution in [0.15, 0.2) is 66.9 Å². The Labute approximate surface area is 133 Å². The predicted molar refractivity (Wildman–Crippen MR) is 85.6 cm³/mol. The molecule has 0 saturated carbocycles. The number of hydrogen-bond acceptors (Lipinski definition) is 3. The van der Waals surface area contributed by atoms with Crippen LogP contribution in [-0.4, -0.2) is 10.7 Å². The van der Waals surface area contributed by atoms with Crippen LogP contribution in [0.3, 0.4) is 0 Å². The van der Waals surface area contributed by atoms with Gasteiger partial charge in [-0.3, -0.25) is 14.9 Å². The fourth-order valence-corrected chi connectivity index (χ4v) is 2.64. The molecule has 0 aliphatic heterocycles. The second kappa shape index (κ2) is 6.36. The van der Waals surface area contributed by atoms with Gasteiger partial charge in [0, 0.05) is 16.6 Å². The highest BCUT2D eigenvalue weighted by Crippen LogP contribution is 2.16. The van der Waals surface area contributed by atoms with Crippen molar-refractivity contribution in [3.05, 3.63) is 88.2 Å². The van der Waals surface area contributed by atoms with Gasteiger partial charge in [0.05, 0.1) is 5.39 Å². The van der Waals surface area contributed by atoms with Crippen LogP contribution in [0.4, 0.5) is 0 Å². The molecule has 0 atom stereocenters. The molecule has 5 heteroatoms. The van der Waals surface area contributed by atoms with E-state index in [1.165, 1.54) is 0 Å². The molecule has 0 aliphatic rings. The minimum Gasteiger partial charge on any atom is -0.287 e. The molecule has 1 heterocycles. The van der Waals surface area contributed by atoms with Gasteiger partial charge in [-0.15, -0.1) is 0 Å². The lowest BCUT2D eigenvalue weighted by molar-refractivity contribution is -0.702. The molecule has 3 aromatic rings. The van der Waals surface area contributed by atoms with E-state index in [4.69, 9.17) is 0 Å². The minimum absolute atomic E-state index is 0.0736. The molecular formula is C18H15N2O3+. The number of aromatic nitrogens is 1. The van der Waals surface area contributed by atoms with Gasteiger partial charge in [0.2, 0.25) is 12.3 Å². The van der Waals surface area contributed by atoms with Crippen molar-refractivity contribution in [2.45, 2.75) is 13.1 Å². The predicted octanol–water partition coefficient (Wildman–Crippen LogP) is 2.79. The third-order valence-electron chi connectivity index (χ3n) is 3.74. The number of benzene rings is 2. The second-order valence-electron chi connectivity index (χ2n) is 5.26. The normalized spacial score (nSPS) is 10.6. The van der Waals surface area contributed by atoms with E-state index in [9.17, 15) is 14.9 Å². The van der Waals surface area contributed by atoms with Crippen molar-refractivity contribution in [2.75, 3.05) is 0 Å². The van der Waals surface area contributed by atoms with E-state index in [1.54, 1.807) is 35.0 Å². The van der Waals surface area contributed by atoms with Gasteiger partial charge in [0.25, 0.3) is 12.2 Å². The zero-order valence-electron chi connectivity index (χ0n) is 12.4. The average molecular weight is 307 g/mol. The molecule has 5 nitrogen and oxygen atoms in total. The Morgan fingerprint density at radius 1 is 1.00 bits per heavy atom. The lowest BCUT2D eigenvalue weighted by Gasteiger charge is -2.05. The van der Waals surface area contributed by atoms with Gasteiger partial charge in [-0.25, -0.2) is 0 Å². The summed E-state index contributed by atoms with van der Waals surface area (Å²) in [5.74, 6) is -0.0736. The summed E-state index contributed by atoms with van der Waals surface area (Å²) in [5.41, 5.74) is 1.14. The van der Waals surface area contributed by atoms with Crippen molar-refractivity contribution in [3.8, 4) is 0 Å². The highest BCUT2D eigenvalue weighted by molar-refractivity contribution is 5.95. The van der Waals surface area contributed by atoms with E-state index in [1.807, 2.05) is 36.4 Å². The minimum atomic E-state index is -0.370. The van der Waals surface area contributed by atoms with Crippen LogP contribution in [-0.2, 0) is 13.1 Å². The lowest BCUT2D eigenvalue weighted by Crippen LogP contribution is -2.42. The van der Waals surface area contributed by atoms with E-state index in [0.717, 1.165) is 10.8 Å². The quantitative estimate of drug-likeness (QED) is 0.315. The third-order valence-corrected chi connectivity index (χ3v) is 3.74. The van der Waals surface area contributed by atoms with Crippen molar-refractivity contribution < 1.29 is 14.3 Å². The fraction of sp³-hybridized carbons (Fsp3) is 0.111. The first-order chi connectivity index (χ1) is 11.1. The number of ketones is 1. The zero-order valence-corrected chi connectivity index (χ0v) is 12.4. The summed E-state index contributed by atoms with van der Waals surface area (Å²) in [6.07, 6.45) is 1.74. The Hall–Kier alpha value is -3.08. The third kappa shape index (κ3) is 3.23. The summed E-state index contributed by atoms with van der Waals surface area (Å²) in [5, 5.41) is 12.8. The van der Waals surface area contributed by atoms with Crippen LogP contribution in [0.25, 0.3) is 10.8 Å². The summed E-state index contributed by atoms with van der Waals surface area (Å²) in [4.78, 5) is 23.1. The van der Waals surface area contributed by atoms with Gasteiger partial charge < -0.3 is 0 Å². The molecule has 0 fully saturated rings. The number of hydrogen-bond donors (Lipinski definition) is 0. The van der Waals surface area contributed by atoms with Crippen LogP contribution < -0.4 is 4.57 Å². The Bertz CT molecular complexity index is 876. The fourth-order valence-electron chi connectivity index (χ4n) is 2.64. The molecule has 1 aromatic heterocycles. The van der Waals surface area contributed by atoms with Gasteiger partial charge >= 0.3 is 0 Å². The summed E-state index contributed by atoms with van der Waals surface area (Å²) in [6, 6.07) is 18.3. The molecule has 0 bridgehead atoms. The maximum atomic E-state index is 12.4. The van der Waals surface area contributed by atoms with Gasteiger partial charge in [0.1, 0.15) is 0 Å². The Balaban J connectivity index is 2.03. The molecule has 114 valence electrons. The molecular weight excluding hydrogens is 292 g/mol. The zero-order chi connectivity index (χ0) is 16.2. The molecule has 0 N–H and O–H groups in total. The molecule has 0 spiro atoms. The van der Waals surface area contributed by atoms with E-state index in [0.29, 0.717) is 11.3 Å². The monoisotopic (exact) mass is 307 g/mol. The number of fused-ring (bicyclic) bond motifs is 1. The second-order valence-corrected chi connectivity index (χ2v) is 5.26. The maximum absolute atomic E-state index is 12.4. The first kappa shape index (κ1) is 14.8. The smallest absolute Gasteiger partial charge is 0.286 e. The van der Waals surface area contributed by atoms with Crippen LogP contribution in [0.2, 0.25) is 0 Å². The van der Waals surface area contributed by atoms with Crippen molar-refractivity contribution >= 4 is 16.6 Å². The van der Waals surface area contributed by atoms with Crippen molar-refractivity contribution in [2.24, 2.45) is 0 Å².